The lowest BCUT2D eigenvalue weighted by molar-refractivity contribution is 0.0730. The van der Waals surface area contributed by atoms with Crippen LogP contribution in [0.4, 0.5) is 11.6 Å². The highest BCUT2D eigenvalue weighted by atomic mass is 32.2. The third kappa shape index (κ3) is 4.54. The molecule has 2 aromatic heterocycles. The normalized spacial score (nSPS) is 22.2. The van der Waals surface area contributed by atoms with Crippen LogP contribution in [-0.4, -0.2) is 64.8 Å². The Bertz CT molecular complexity index is 1430. The topological polar surface area (TPSA) is 130 Å². The van der Waals surface area contributed by atoms with Gasteiger partial charge in [0.15, 0.2) is 0 Å². The van der Waals surface area contributed by atoms with E-state index in [2.05, 4.69) is 31.3 Å². The molecule has 1 aliphatic heterocycles. The molecule has 0 spiro atoms. The molecule has 5 rings (SSSR count). The SMILES string of the molecule is [C-]#[N+]C1CC(CC#N)(n2cc(-c3ccnc(Nc4ccc(S(=O)(=O)N5CCOCC5)cc4)n3)cn2)C1. The zero-order valence-corrected chi connectivity index (χ0v) is 20.2. The average Bonchev–Trinajstić information content (AvgIpc) is 3.38. The molecule has 0 radical (unpaired) electrons. The predicted octanol–water partition coefficient (Wildman–Crippen LogP) is 2.80. The van der Waals surface area contributed by atoms with Crippen LogP contribution in [-0.2, 0) is 20.3 Å². The summed E-state index contributed by atoms with van der Waals surface area (Å²) in [5, 5.41) is 16.9. The molecular weight excluding hydrogens is 480 g/mol. The number of benzene rings is 1. The highest BCUT2D eigenvalue weighted by Crippen LogP contribution is 2.44. The summed E-state index contributed by atoms with van der Waals surface area (Å²) in [5.74, 6) is 0.354. The van der Waals surface area contributed by atoms with Crippen LogP contribution in [0.1, 0.15) is 19.3 Å². The highest BCUT2D eigenvalue weighted by Gasteiger charge is 2.50. The van der Waals surface area contributed by atoms with Crippen molar-refractivity contribution in [2.75, 3.05) is 31.6 Å². The van der Waals surface area contributed by atoms with E-state index in [1.165, 1.54) is 4.31 Å². The molecule has 12 heteroatoms. The number of rotatable bonds is 7. The quantitative estimate of drug-likeness (QED) is 0.486. The Morgan fingerprint density at radius 3 is 2.67 bits per heavy atom. The Labute approximate surface area is 209 Å². The van der Waals surface area contributed by atoms with Crippen LogP contribution in [0.2, 0.25) is 0 Å². The van der Waals surface area contributed by atoms with Crippen molar-refractivity contribution in [2.45, 2.75) is 35.7 Å². The first-order valence-corrected chi connectivity index (χ1v) is 12.9. The third-order valence-electron chi connectivity index (χ3n) is 6.56. The minimum atomic E-state index is -3.56. The maximum atomic E-state index is 12.8. The van der Waals surface area contributed by atoms with Crippen LogP contribution in [0.25, 0.3) is 16.1 Å². The van der Waals surface area contributed by atoms with Crippen LogP contribution in [0.5, 0.6) is 0 Å². The number of sulfonamides is 1. The second-order valence-corrected chi connectivity index (χ2v) is 10.8. The number of ether oxygens (including phenoxy) is 1. The molecule has 36 heavy (non-hydrogen) atoms. The molecule has 2 aliphatic rings. The standard InChI is InChI=1S/C24H24N8O3S/c1-26-20-14-24(15-20,7-8-25)32-17-18(16-28-32)22-6-9-27-23(30-22)29-19-2-4-21(5-3-19)36(33,34)31-10-12-35-13-11-31/h2-6,9,16-17,20H,7,10-15H2,(H,27,29,30). The van der Waals surface area contributed by atoms with E-state index in [0.717, 1.165) is 5.56 Å². The van der Waals surface area contributed by atoms with Crippen molar-refractivity contribution >= 4 is 21.7 Å². The van der Waals surface area contributed by atoms with Gasteiger partial charge in [0.2, 0.25) is 22.0 Å². The first-order valence-electron chi connectivity index (χ1n) is 11.5. The molecule has 0 atom stereocenters. The van der Waals surface area contributed by atoms with Gasteiger partial charge in [-0.3, -0.25) is 4.68 Å². The minimum Gasteiger partial charge on any atom is -0.379 e. The van der Waals surface area contributed by atoms with Gasteiger partial charge in [0.25, 0.3) is 0 Å². The Morgan fingerprint density at radius 2 is 1.97 bits per heavy atom. The summed E-state index contributed by atoms with van der Waals surface area (Å²) in [6.07, 6.45) is 6.70. The summed E-state index contributed by atoms with van der Waals surface area (Å²) in [6, 6.07) is 10.4. The van der Waals surface area contributed by atoms with E-state index in [1.54, 1.807) is 47.4 Å². The van der Waals surface area contributed by atoms with Gasteiger partial charge in [-0.15, -0.1) is 0 Å². The number of nitrogens with zero attached hydrogens (tertiary/aromatic N) is 7. The summed E-state index contributed by atoms with van der Waals surface area (Å²) >= 11 is 0. The molecule has 1 saturated carbocycles. The molecule has 3 heterocycles. The van der Waals surface area contributed by atoms with Crippen molar-refractivity contribution in [2.24, 2.45) is 0 Å². The van der Waals surface area contributed by atoms with Crippen molar-refractivity contribution in [1.82, 2.24) is 24.1 Å². The maximum absolute atomic E-state index is 12.8. The van der Waals surface area contributed by atoms with E-state index in [0.29, 0.717) is 62.9 Å². The van der Waals surface area contributed by atoms with Crippen molar-refractivity contribution in [3.63, 3.8) is 0 Å². The van der Waals surface area contributed by atoms with Crippen LogP contribution < -0.4 is 5.32 Å². The Kier molecular flexibility index (Phi) is 6.41. The number of hydrogen-bond acceptors (Lipinski definition) is 8. The molecule has 1 aromatic carbocycles. The monoisotopic (exact) mass is 504 g/mol. The molecule has 11 nitrogen and oxygen atoms in total. The fourth-order valence-electron chi connectivity index (χ4n) is 4.54. The van der Waals surface area contributed by atoms with E-state index in [4.69, 9.17) is 11.3 Å². The zero-order valence-electron chi connectivity index (χ0n) is 19.4. The van der Waals surface area contributed by atoms with E-state index < -0.39 is 15.6 Å². The molecule has 0 bridgehead atoms. The van der Waals surface area contributed by atoms with Gasteiger partial charge in [0.05, 0.1) is 48.0 Å². The Morgan fingerprint density at radius 1 is 1.22 bits per heavy atom. The van der Waals surface area contributed by atoms with E-state index in [-0.39, 0.29) is 10.9 Å². The van der Waals surface area contributed by atoms with Gasteiger partial charge in [-0.1, -0.05) is 0 Å². The van der Waals surface area contributed by atoms with Gasteiger partial charge in [0, 0.05) is 49.6 Å². The lowest BCUT2D eigenvalue weighted by Gasteiger charge is -2.40. The van der Waals surface area contributed by atoms with Gasteiger partial charge in [0.1, 0.15) is 0 Å². The molecule has 184 valence electrons. The number of aromatic nitrogens is 4. The summed E-state index contributed by atoms with van der Waals surface area (Å²) < 4.78 is 34.1. The average molecular weight is 505 g/mol. The Hall–Kier alpha value is -3.84. The van der Waals surface area contributed by atoms with Crippen LogP contribution in [0, 0.1) is 17.9 Å². The van der Waals surface area contributed by atoms with Crippen molar-refractivity contribution in [3.05, 3.63) is 60.3 Å². The number of nitrogens with one attached hydrogen (secondary N) is 1. The van der Waals surface area contributed by atoms with Gasteiger partial charge in [-0.05, 0) is 30.3 Å². The number of morpholine rings is 1. The number of nitriles is 1. The fourth-order valence-corrected chi connectivity index (χ4v) is 5.95. The third-order valence-corrected chi connectivity index (χ3v) is 8.47. The van der Waals surface area contributed by atoms with Crippen LogP contribution in [0.15, 0.2) is 53.8 Å². The van der Waals surface area contributed by atoms with E-state index in [9.17, 15) is 13.7 Å². The molecule has 0 unspecified atom stereocenters. The zero-order chi connectivity index (χ0) is 25.2. The fraction of sp³-hybridized carbons (Fsp3) is 0.375. The lowest BCUT2D eigenvalue weighted by atomic mass is 9.71. The number of anilines is 2. The van der Waals surface area contributed by atoms with E-state index in [1.807, 2.05) is 6.20 Å². The van der Waals surface area contributed by atoms with Crippen molar-refractivity contribution in [3.8, 4) is 17.3 Å². The first kappa shape index (κ1) is 23.9. The second kappa shape index (κ2) is 9.66. The van der Waals surface area contributed by atoms with Crippen molar-refractivity contribution in [1.29, 1.82) is 5.26 Å². The highest BCUT2D eigenvalue weighted by molar-refractivity contribution is 7.89. The molecular formula is C24H24N8O3S. The molecule has 3 aromatic rings. The van der Waals surface area contributed by atoms with Gasteiger partial charge in [-0.25, -0.2) is 25.0 Å². The largest absolute Gasteiger partial charge is 0.379 e. The smallest absolute Gasteiger partial charge is 0.243 e. The first-order chi connectivity index (χ1) is 17.4. The van der Waals surface area contributed by atoms with Crippen molar-refractivity contribution < 1.29 is 13.2 Å². The minimum absolute atomic E-state index is 0.0731. The summed E-state index contributed by atoms with van der Waals surface area (Å²) in [7, 11) is -3.56. The van der Waals surface area contributed by atoms with Gasteiger partial charge < -0.3 is 14.9 Å². The Balaban J connectivity index is 1.30. The summed E-state index contributed by atoms with van der Waals surface area (Å²) in [6.45, 7) is 8.71. The molecule has 1 aliphatic carbocycles. The van der Waals surface area contributed by atoms with Gasteiger partial charge >= 0.3 is 0 Å². The predicted molar refractivity (Wildman–Crippen MR) is 130 cm³/mol. The van der Waals surface area contributed by atoms with Crippen LogP contribution >= 0.6 is 0 Å². The maximum Gasteiger partial charge on any atom is 0.243 e. The van der Waals surface area contributed by atoms with E-state index >= 15 is 0 Å². The second-order valence-electron chi connectivity index (χ2n) is 8.86. The molecule has 0 amide bonds. The van der Waals surface area contributed by atoms with Gasteiger partial charge in [-0.2, -0.15) is 14.7 Å². The molecule has 1 saturated heterocycles. The molecule has 1 N–H and O–H groups in total. The summed E-state index contributed by atoms with van der Waals surface area (Å²) in [4.78, 5) is 12.6. The lowest BCUT2D eigenvalue weighted by Crippen LogP contribution is -2.48. The van der Waals surface area contributed by atoms with Crippen LogP contribution in [0.3, 0.4) is 0 Å². The number of hydrogen-bond donors (Lipinski definition) is 1. The molecule has 2 fully saturated rings. The summed E-state index contributed by atoms with van der Waals surface area (Å²) in [5.41, 5.74) is 1.63.